The molecule has 0 aliphatic carbocycles. The summed E-state index contributed by atoms with van der Waals surface area (Å²) in [5.41, 5.74) is 0.278. The van der Waals surface area contributed by atoms with Crippen LogP contribution in [-0.4, -0.2) is 38.0 Å². The van der Waals surface area contributed by atoms with Crippen LogP contribution < -0.4 is 14.8 Å². The first-order valence-corrected chi connectivity index (χ1v) is 10.3. The molecule has 0 spiro atoms. The van der Waals surface area contributed by atoms with Gasteiger partial charge in [-0.3, -0.25) is 9.59 Å². The van der Waals surface area contributed by atoms with Crippen LogP contribution in [0.4, 0.5) is 18.9 Å². The van der Waals surface area contributed by atoms with Gasteiger partial charge >= 0.3 is 0 Å². The van der Waals surface area contributed by atoms with Crippen molar-refractivity contribution in [3.05, 3.63) is 88.7 Å². The van der Waals surface area contributed by atoms with E-state index in [1.54, 1.807) is 6.07 Å². The van der Waals surface area contributed by atoms with Gasteiger partial charge in [0.1, 0.15) is 17.5 Å². The van der Waals surface area contributed by atoms with E-state index in [4.69, 9.17) is 9.47 Å². The van der Waals surface area contributed by atoms with Crippen molar-refractivity contribution >= 4 is 17.5 Å². The van der Waals surface area contributed by atoms with Gasteiger partial charge in [-0.1, -0.05) is 18.2 Å². The smallest absolute Gasteiger partial charge is 0.254 e. The van der Waals surface area contributed by atoms with Gasteiger partial charge in [-0.2, -0.15) is 0 Å². The number of nitrogens with one attached hydrogen (secondary N) is 1. The van der Waals surface area contributed by atoms with Crippen LogP contribution in [0.2, 0.25) is 0 Å². The standard InChI is InChI=1S/C25H21F3N2O4/c1-30-23(14-6-4-5-7-17(14)27)22(24(31)29-19-9-8-13(26)10-18(19)28)15-11-20(33-2)21(34-3)12-16(15)25(30)32/h4-12,22-23H,1-3H3,(H,29,31). The van der Waals surface area contributed by atoms with Crippen molar-refractivity contribution in [2.75, 3.05) is 26.6 Å². The van der Waals surface area contributed by atoms with Gasteiger partial charge in [0.15, 0.2) is 11.5 Å². The lowest BCUT2D eigenvalue weighted by atomic mass is 9.79. The number of anilines is 1. The third-order valence-corrected chi connectivity index (χ3v) is 5.87. The van der Waals surface area contributed by atoms with Gasteiger partial charge < -0.3 is 19.7 Å². The van der Waals surface area contributed by atoms with Gasteiger partial charge in [0.05, 0.1) is 31.9 Å². The Labute approximate surface area is 193 Å². The molecule has 0 saturated heterocycles. The lowest BCUT2D eigenvalue weighted by molar-refractivity contribution is -0.119. The summed E-state index contributed by atoms with van der Waals surface area (Å²) in [4.78, 5) is 28.1. The SMILES string of the molecule is COc1cc2c(cc1OC)C(C(=O)Nc1ccc(F)cc1F)C(c1ccccc1F)N(C)C2=O. The zero-order valence-electron chi connectivity index (χ0n) is 18.6. The number of carbonyl (C=O) groups excluding carboxylic acids is 2. The number of ether oxygens (including phenoxy) is 2. The largest absolute Gasteiger partial charge is 0.493 e. The van der Waals surface area contributed by atoms with E-state index in [0.717, 1.165) is 12.1 Å². The minimum absolute atomic E-state index is 0.110. The summed E-state index contributed by atoms with van der Waals surface area (Å²) < 4.78 is 53.2. The Kier molecular flexibility index (Phi) is 6.19. The second-order valence-electron chi connectivity index (χ2n) is 7.77. The topological polar surface area (TPSA) is 67.9 Å². The van der Waals surface area contributed by atoms with E-state index >= 15 is 0 Å². The number of methoxy groups -OCH3 is 2. The Morgan fingerprint density at radius 3 is 2.24 bits per heavy atom. The summed E-state index contributed by atoms with van der Waals surface area (Å²) in [6.45, 7) is 0. The summed E-state index contributed by atoms with van der Waals surface area (Å²) in [5.74, 6) is -4.17. The molecule has 2 atom stereocenters. The van der Waals surface area contributed by atoms with Crippen LogP contribution in [-0.2, 0) is 4.79 Å². The van der Waals surface area contributed by atoms with Crippen molar-refractivity contribution in [2.24, 2.45) is 0 Å². The zero-order chi connectivity index (χ0) is 24.6. The number of hydrogen-bond acceptors (Lipinski definition) is 4. The van der Waals surface area contributed by atoms with Gasteiger partial charge in [0.25, 0.3) is 5.91 Å². The first-order valence-electron chi connectivity index (χ1n) is 10.3. The number of amides is 2. The number of likely N-dealkylation sites (N-methyl/N-ethyl adjacent to an activating group) is 1. The summed E-state index contributed by atoms with van der Waals surface area (Å²) in [6.07, 6.45) is 0. The second kappa shape index (κ2) is 9.09. The van der Waals surface area contributed by atoms with Crippen LogP contribution in [0.5, 0.6) is 11.5 Å². The fraction of sp³-hybridized carbons (Fsp3) is 0.200. The number of carbonyl (C=O) groups is 2. The van der Waals surface area contributed by atoms with Crippen LogP contribution in [0.25, 0.3) is 0 Å². The van der Waals surface area contributed by atoms with E-state index in [1.807, 2.05) is 0 Å². The molecule has 2 unspecified atom stereocenters. The molecule has 0 bridgehead atoms. The van der Waals surface area contributed by atoms with Crippen LogP contribution in [0.1, 0.15) is 33.4 Å². The number of nitrogens with zero attached hydrogens (tertiary/aromatic N) is 1. The number of halogens is 3. The van der Waals surface area contributed by atoms with E-state index in [-0.39, 0.29) is 33.9 Å². The Bertz CT molecular complexity index is 1280. The fourth-order valence-corrected chi connectivity index (χ4v) is 4.24. The van der Waals surface area contributed by atoms with Crippen molar-refractivity contribution in [3.8, 4) is 11.5 Å². The molecule has 3 aromatic rings. The van der Waals surface area contributed by atoms with Crippen molar-refractivity contribution in [2.45, 2.75) is 12.0 Å². The zero-order valence-corrected chi connectivity index (χ0v) is 18.6. The van der Waals surface area contributed by atoms with Crippen LogP contribution in [0.15, 0.2) is 54.6 Å². The molecule has 1 aliphatic heterocycles. The normalized spacial score (nSPS) is 17.2. The average molecular weight is 470 g/mol. The highest BCUT2D eigenvalue weighted by molar-refractivity contribution is 6.05. The molecular formula is C25H21F3N2O4. The van der Waals surface area contributed by atoms with Crippen LogP contribution in [0, 0.1) is 17.5 Å². The van der Waals surface area contributed by atoms with Crippen molar-refractivity contribution in [1.29, 1.82) is 0 Å². The third-order valence-electron chi connectivity index (χ3n) is 5.87. The first kappa shape index (κ1) is 23.2. The number of hydrogen-bond donors (Lipinski definition) is 1. The lowest BCUT2D eigenvalue weighted by Gasteiger charge is -2.40. The molecule has 9 heteroatoms. The first-order chi connectivity index (χ1) is 16.3. The quantitative estimate of drug-likeness (QED) is 0.589. The molecule has 6 nitrogen and oxygen atoms in total. The Balaban J connectivity index is 1.91. The van der Waals surface area contributed by atoms with Crippen molar-refractivity contribution in [1.82, 2.24) is 4.90 Å². The van der Waals surface area contributed by atoms with E-state index in [1.165, 1.54) is 56.5 Å². The second-order valence-corrected chi connectivity index (χ2v) is 7.77. The number of rotatable bonds is 5. The minimum atomic E-state index is -1.15. The maximum absolute atomic E-state index is 14.9. The molecule has 0 saturated carbocycles. The predicted octanol–water partition coefficient (Wildman–Crippen LogP) is 4.67. The summed E-state index contributed by atoms with van der Waals surface area (Å²) in [5, 5.41) is 2.46. The molecule has 1 N–H and O–H groups in total. The molecule has 34 heavy (non-hydrogen) atoms. The summed E-state index contributed by atoms with van der Waals surface area (Å²) in [6, 6.07) is 10.4. The Hall–Kier alpha value is -4.01. The highest BCUT2D eigenvalue weighted by Crippen LogP contribution is 2.46. The van der Waals surface area contributed by atoms with Crippen molar-refractivity contribution < 1.29 is 32.2 Å². The van der Waals surface area contributed by atoms with Crippen LogP contribution in [0.3, 0.4) is 0 Å². The lowest BCUT2D eigenvalue weighted by Crippen LogP contribution is -2.44. The van der Waals surface area contributed by atoms with Gasteiger partial charge in [-0.25, -0.2) is 13.2 Å². The summed E-state index contributed by atoms with van der Waals surface area (Å²) >= 11 is 0. The van der Waals surface area contributed by atoms with Gasteiger partial charge in [0.2, 0.25) is 5.91 Å². The maximum atomic E-state index is 14.9. The molecule has 4 rings (SSSR count). The highest BCUT2D eigenvalue weighted by atomic mass is 19.1. The highest BCUT2D eigenvalue weighted by Gasteiger charge is 2.44. The fourth-order valence-electron chi connectivity index (χ4n) is 4.24. The van der Waals surface area contributed by atoms with Gasteiger partial charge in [0, 0.05) is 24.2 Å². The molecule has 176 valence electrons. The monoisotopic (exact) mass is 470 g/mol. The number of fused-ring (bicyclic) bond motifs is 1. The van der Waals surface area contributed by atoms with Crippen molar-refractivity contribution in [3.63, 3.8) is 0 Å². The third kappa shape index (κ3) is 3.93. The van der Waals surface area contributed by atoms with Gasteiger partial charge in [-0.05, 0) is 35.9 Å². The Morgan fingerprint density at radius 2 is 1.59 bits per heavy atom. The molecule has 0 aromatic heterocycles. The molecule has 3 aromatic carbocycles. The molecule has 0 radical (unpaired) electrons. The molecule has 1 aliphatic rings. The predicted molar refractivity (Wildman–Crippen MR) is 119 cm³/mol. The molecule has 0 fully saturated rings. The molecule has 1 heterocycles. The molecular weight excluding hydrogens is 449 g/mol. The summed E-state index contributed by atoms with van der Waals surface area (Å²) in [7, 11) is 4.26. The average Bonchev–Trinajstić information content (AvgIpc) is 2.82. The van der Waals surface area contributed by atoms with E-state index in [2.05, 4.69) is 5.32 Å². The maximum Gasteiger partial charge on any atom is 0.254 e. The van der Waals surface area contributed by atoms with E-state index in [9.17, 15) is 22.8 Å². The van der Waals surface area contributed by atoms with E-state index in [0.29, 0.717) is 6.07 Å². The van der Waals surface area contributed by atoms with Crippen LogP contribution >= 0.6 is 0 Å². The Morgan fingerprint density at radius 1 is 0.912 bits per heavy atom. The molecule has 2 amide bonds. The van der Waals surface area contributed by atoms with E-state index < -0.39 is 41.2 Å². The minimum Gasteiger partial charge on any atom is -0.493 e. The van der Waals surface area contributed by atoms with Gasteiger partial charge in [-0.15, -0.1) is 0 Å². The number of benzene rings is 3.